The third kappa shape index (κ3) is 5.55. The normalized spacial score (nSPS) is 11.2. The Morgan fingerprint density at radius 3 is 1.91 bits per heavy atom. The van der Waals surface area contributed by atoms with Gasteiger partial charge in [0.25, 0.3) is 10.0 Å². The van der Waals surface area contributed by atoms with Crippen molar-refractivity contribution >= 4 is 33.6 Å². The summed E-state index contributed by atoms with van der Waals surface area (Å²) in [6.07, 6.45) is 3.52. The summed E-state index contributed by atoms with van der Waals surface area (Å²) >= 11 is 0. The standard InChI is InChI=1S/C25H28N2O7S/c1-30-20-12-11-17(10-9-16-13-21(31-2)24(33-4)22(14-16)32-3)23(25(20)34-5)27-35(28,29)19-8-6-7-18(26)15-19/h6-15,27H,26H2,1-5H3/b10-9-. The van der Waals surface area contributed by atoms with Crippen LogP contribution < -0.4 is 34.1 Å². The SMILES string of the molecule is COc1cc(/C=C\c2ccc(OC)c(OC)c2NS(=O)(=O)c2cccc(N)c2)cc(OC)c1OC. The van der Waals surface area contributed by atoms with Crippen molar-refractivity contribution in [2.45, 2.75) is 4.90 Å². The maximum absolute atomic E-state index is 13.2. The molecular weight excluding hydrogens is 472 g/mol. The number of anilines is 2. The van der Waals surface area contributed by atoms with E-state index in [1.165, 1.54) is 47.7 Å². The van der Waals surface area contributed by atoms with E-state index in [1.807, 2.05) is 0 Å². The highest BCUT2D eigenvalue weighted by atomic mass is 32.2. The van der Waals surface area contributed by atoms with Crippen LogP contribution in [-0.2, 0) is 10.0 Å². The van der Waals surface area contributed by atoms with Crippen molar-refractivity contribution in [1.29, 1.82) is 0 Å². The van der Waals surface area contributed by atoms with Crippen LogP contribution in [0.1, 0.15) is 11.1 Å². The van der Waals surface area contributed by atoms with Gasteiger partial charge in [-0.25, -0.2) is 8.42 Å². The van der Waals surface area contributed by atoms with Gasteiger partial charge in [-0.1, -0.05) is 18.2 Å². The van der Waals surface area contributed by atoms with E-state index in [-0.39, 0.29) is 16.3 Å². The average molecular weight is 501 g/mol. The van der Waals surface area contributed by atoms with E-state index in [2.05, 4.69) is 4.72 Å². The minimum absolute atomic E-state index is 0.0157. The van der Waals surface area contributed by atoms with Crippen molar-refractivity contribution in [1.82, 2.24) is 0 Å². The monoisotopic (exact) mass is 500 g/mol. The smallest absolute Gasteiger partial charge is 0.262 e. The van der Waals surface area contributed by atoms with Gasteiger partial charge >= 0.3 is 0 Å². The van der Waals surface area contributed by atoms with Gasteiger partial charge < -0.3 is 29.4 Å². The highest BCUT2D eigenvalue weighted by molar-refractivity contribution is 7.92. The molecule has 3 aromatic rings. The van der Waals surface area contributed by atoms with Crippen LogP contribution in [0.4, 0.5) is 11.4 Å². The summed E-state index contributed by atoms with van der Waals surface area (Å²) in [4.78, 5) is 0.0157. The van der Waals surface area contributed by atoms with Crippen LogP contribution >= 0.6 is 0 Å². The minimum Gasteiger partial charge on any atom is -0.493 e. The van der Waals surface area contributed by atoms with Crippen LogP contribution in [0.25, 0.3) is 12.2 Å². The predicted molar refractivity (Wildman–Crippen MR) is 136 cm³/mol. The lowest BCUT2D eigenvalue weighted by molar-refractivity contribution is 0.324. The zero-order valence-corrected chi connectivity index (χ0v) is 20.9. The number of ether oxygens (including phenoxy) is 5. The molecule has 35 heavy (non-hydrogen) atoms. The van der Waals surface area contributed by atoms with E-state index < -0.39 is 10.0 Å². The summed E-state index contributed by atoms with van der Waals surface area (Å²) in [6.45, 7) is 0. The molecule has 0 aliphatic rings. The number of hydrogen-bond donors (Lipinski definition) is 2. The Hall–Kier alpha value is -4.05. The summed E-state index contributed by atoms with van der Waals surface area (Å²) < 4.78 is 56.0. The molecule has 0 heterocycles. The number of benzene rings is 3. The molecule has 0 unspecified atom stereocenters. The third-order valence-corrected chi connectivity index (χ3v) is 6.47. The average Bonchev–Trinajstić information content (AvgIpc) is 2.86. The van der Waals surface area contributed by atoms with E-state index in [0.717, 1.165) is 5.56 Å². The number of methoxy groups -OCH3 is 5. The van der Waals surface area contributed by atoms with E-state index in [4.69, 9.17) is 29.4 Å². The summed E-state index contributed by atoms with van der Waals surface area (Å²) in [6, 6.07) is 13.0. The third-order valence-electron chi connectivity index (χ3n) is 5.13. The lowest BCUT2D eigenvalue weighted by Crippen LogP contribution is -2.15. The molecule has 0 aromatic heterocycles. The first kappa shape index (κ1) is 25.6. The molecule has 3 N–H and O–H groups in total. The molecule has 9 nitrogen and oxygen atoms in total. The van der Waals surface area contributed by atoms with Crippen molar-refractivity contribution in [3.8, 4) is 28.7 Å². The lowest BCUT2D eigenvalue weighted by atomic mass is 10.1. The van der Waals surface area contributed by atoms with Crippen LogP contribution in [0, 0.1) is 0 Å². The van der Waals surface area contributed by atoms with Crippen molar-refractivity contribution in [2.24, 2.45) is 0 Å². The Kier molecular flexibility index (Phi) is 7.98. The number of nitrogen functional groups attached to an aromatic ring is 1. The fraction of sp³-hybridized carbons (Fsp3) is 0.200. The van der Waals surface area contributed by atoms with Gasteiger partial charge in [0.05, 0.1) is 40.4 Å². The summed E-state index contributed by atoms with van der Waals surface area (Å²) in [7, 11) is 3.51. The fourth-order valence-electron chi connectivity index (χ4n) is 3.44. The second kappa shape index (κ2) is 10.9. The Bertz CT molecular complexity index is 1310. The number of rotatable bonds is 10. The van der Waals surface area contributed by atoms with Crippen molar-refractivity contribution in [2.75, 3.05) is 46.0 Å². The van der Waals surface area contributed by atoms with Crippen LogP contribution in [-0.4, -0.2) is 44.0 Å². The number of hydrogen-bond acceptors (Lipinski definition) is 8. The van der Waals surface area contributed by atoms with Gasteiger partial charge in [-0.3, -0.25) is 4.72 Å². The molecule has 0 fully saturated rings. The first-order chi connectivity index (χ1) is 16.8. The second-order valence-electron chi connectivity index (χ2n) is 7.24. The predicted octanol–water partition coefficient (Wildman–Crippen LogP) is 4.28. The molecule has 0 saturated carbocycles. The van der Waals surface area contributed by atoms with Crippen molar-refractivity contribution in [3.05, 3.63) is 59.7 Å². The maximum atomic E-state index is 13.2. The molecule has 0 bridgehead atoms. The first-order valence-electron chi connectivity index (χ1n) is 10.4. The maximum Gasteiger partial charge on any atom is 0.262 e. The van der Waals surface area contributed by atoms with Crippen molar-refractivity contribution < 1.29 is 32.1 Å². The van der Waals surface area contributed by atoms with E-state index in [9.17, 15) is 8.42 Å². The molecule has 10 heteroatoms. The molecular formula is C25H28N2O7S. The lowest BCUT2D eigenvalue weighted by Gasteiger charge is -2.17. The van der Waals surface area contributed by atoms with Crippen LogP contribution in [0.2, 0.25) is 0 Å². The van der Waals surface area contributed by atoms with Gasteiger partial charge in [0, 0.05) is 11.3 Å². The topological polar surface area (TPSA) is 118 Å². The van der Waals surface area contributed by atoms with Gasteiger partial charge in [-0.2, -0.15) is 0 Å². The van der Waals surface area contributed by atoms with Crippen LogP contribution in [0.3, 0.4) is 0 Å². The zero-order valence-electron chi connectivity index (χ0n) is 20.1. The molecule has 0 spiro atoms. The molecule has 0 aliphatic carbocycles. The van der Waals surface area contributed by atoms with Gasteiger partial charge in [-0.05, 0) is 48.0 Å². The molecule has 0 radical (unpaired) electrons. The second-order valence-corrected chi connectivity index (χ2v) is 8.92. The number of nitrogens with two attached hydrogens (primary N) is 1. The highest BCUT2D eigenvalue weighted by Gasteiger charge is 2.21. The molecule has 0 aliphatic heterocycles. The largest absolute Gasteiger partial charge is 0.493 e. The first-order valence-corrected chi connectivity index (χ1v) is 11.9. The molecule has 0 atom stereocenters. The van der Waals surface area contributed by atoms with E-state index in [0.29, 0.717) is 34.2 Å². The van der Waals surface area contributed by atoms with Gasteiger partial charge in [0.15, 0.2) is 23.0 Å². The summed E-state index contributed by atoms with van der Waals surface area (Å²) in [5.74, 6) is 2.03. The summed E-state index contributed by atoms with van der Waals surface area (Å²) in [5.41, 5.74) is 7.58. The van der Waals surface area contributed by atoms with Crippen LogP contribution in [0.15, 0.2) is 53.4 Å². The van der Waals surface area contributed by atoms with Crippen LogP contribution in [0.5, 0.6) is 28.7 Å². The van der Waals surface area contributed by atoms with E-state index in [1.54, 1.807) is 48.6 Å². The molecule has 3 rings (SSSR count). The number of nitrogens with one attached hydrogen (secondary N) is 1. The Balaban J connectivity index is 2.11. The number of sulfonamides is 1. The van der Waals surface area contributed by atoms with Gasteiger partial charge in [0.2, 0.25) is 5.75 Å². The molecule has 3 aromatic carbocycles. The van der Waals surface area contributed by atoms with Gasteiger partial charge in [-0.15, -0.1) is 0 Å². The van der Waals surface area contributed by atoms with Gasteiger partial charge in [0.1, 0.15) is 5.69 Å². The van der Waals surface area contributed by atoms with E-state index >= 15 is 0 Å². The Morgan fingerprint density at radius 1 is 0.743 bits per heavy atom. The summed E-state index contributed by atoms with van der Waals surface area (Å²) in [5, 5.41) is 0. The molecule has 0 saturated heterocycles. The Labute approximate surface area is 205 Å². The fourth-order valence-corrected chi connectivity index (χ4v) is 4.59. The minimum atomic E-state index is -3.99. The Morgan fingerprint density at radius 2 is 1.37 bits per heavy atom. The molecule has 0 amide bonds. The highest BCUT2D eigenvalue weighted by Crippen LogP contribution is 2.41. The molecule has 186 valence electrons. The van der Waals surface area contributed by atoms with Crippen molar-refractivity contribution in [3.63, 3.8) is 0 Å². The quantitative estimate of drug-likeness (QED) is 0.313. The zero-order chi connectivity index (χ0) is 25.6.